The first-order valence-corrected chi connectivity index (χ1v) is 3.98. The molecule has 0 aromatic heterocycles. The molecule has 0 unspecified atom stereocenters. The van der Waals surface area contributed by atoms with Crippen LogP contribution in [-0.2, 0) is 4.79 Å². The van der Waals surface area contributed by atoms with Crippen LogP contribution in [0.15, 0.2) is 24.3 Å². The van der Waals surface area contributed by atoms with Crippen molar-refractivity contribution in [1.82, 2.24) is 5.32 Å². The van der Waals surface area contributed by atoms with Crippen molar-refractivity contribution >= 4 is 11.8 Å². The molecule has 3 heteroatoms. The van der Waals surface area contributed by atoms with Gasteiger partial charge in [-0.05, 0) is 19.1 Å². The number of imide groups is 1. The lowest BCUT2D eigenvalue weighted by atomic mass is 10.1. The van der Waals surface area contributed by atoms with Gasteiger partial charge in [0.2, 0.25) is 5.91 Å². The molecule has 0 atom stereocenters. The van der Waals surface area contributed by atoms with Crippen LogP contribution in [0.25, 0.3) is 0 Å². The Kier molecular flexibility index (Phi) is 2.80. The van der Waals surface area contributed by atoms with E-state index < -0.39 is 0 Å². The van der Waals surface area contributed by atoms with Crippen LogP contribution in [0, 0.1) is 6.92 Å². The Labute approximate surface area is 76.8 Å². The topological polar surface area (TPSA) is 46.2 Å². The molecule has 13 heavy (non-hydrogen) atoms. The number of benzene rings is 1. The van der Waals surface area contributed by atoms with Crippen molar-refractivity contribution in [3.8, 4) is 0 Å². The molecule has 0 saturated heterocycles. The summed E-state index contributed by atoms with van der Waals surface area (Å²) in [6.07, 6.45) is 0. The van der Waals surface area contributed by atoms with E-state index in [4.69, 9.17) is 0 Å². The molecule has 0 bridgehead atoms. The van der Waals surface area contributed by atoms with Crippen LogP contribution >= 0.6 is 0 Å². The van der Waals surface area contributed by atoms with E-state index in [2.05, 4.69) is 5.32 Å². The van der Waals surface area contributed by atoms with Crippen LogP contribution in [-0.4, -0.2) is 11.8 Å². The van der Waals surface area contributed by atoms with Crippen molar-refractivity contribution in [2.45, 2.75) is 13.8 Å². The second kappa shape index (κ2) is 3.85. The summed E-state index contributed by atoms with van der Waals surface area (Å²) in [6.45, 7) is 3.21. The van der Waals surface area contributed by atoms with Gasteiger partial charge in [0.15, 0.2) is 0 Å². The van der Waals surface area contributed by atoms with Gasteiger partial charge in [-0.1, -0.05) is 17.7 Å². The minimum atomic E-state index is -0.351. The van der Waals surface area contributed by atoms with Crippen molar-refractivity contribution in [2.75, 3.05) is 0 Å². The zero-order valence-corrected chi connectivity index (χ0v) is 7.63. The maximum atomic E-state index is 11.3. The average molecular weight is 177 g/mol. The van der Waals surface area contributed by atoms with Crippen LogP contribution < -0.4 is 5.32 Å². The summed E-state index contributed by atoms with van der Waals surface area (Å²) in [6, 6.07) is 7.08. The van der Waals surface area contributed by atoms with E-state index in [0.717, 1.165) is 5.56 Å². The number of hydrogen-bond acceptors (Lipinski definition) is 2. The number of rotatable bonds is 1. The number of amides is 2. The minimum absolute atomic E-state index is 0.341. The zero-order valence-electron chi connectivity index (χ0n) is 7.63. The van der Waals surface area contributed by atoms with E-state index in [1.807, 2.05) is 13.0 Å². The van der Waals surface area contributed by atoms with E-state index in [9.17, 15) is 9.59 Å². The summed E-state index contributed by atoms with van der Waals surface area (Å²) < 4.78 is 0. The normalized spacial score (nSPS) is 9.38. The first kappa shape index (κ1) is 9.45. The number of carbonyl (C=O) groups is 2. The molecular weight excluding hydrogens is 166 g/mol. The van der Waals surface area contributed by atoms with E-state index >= 15 is 0 Å². The van der Waals surface area contributed by atoms with Gasteiger partial charge in [0.05, 0.1) is 0 Å². The Balaban J connectivity index is 2.83. The van der Waals surface area contributed by atoms with Gasteiger partial charge < -0.3 is 0 Å². The molecule has 1 aromatic carbocycles. The highest BCUT2D eigenvalue weighted by Gasteiger charge is 2.05. The summed E-state index contributed by atoms with van der Waals surface area (Å²) in [5.41, 5.74) is 1.51. The van der Waals surface area contributed by atoms with E-state index in [1.165, 1.54) is 6.92 Å². The summed E-state index contributed by atoms with van der Waals surface area (Å²) in [5.74, 6) is -0.692. The Hall–Kier alpha value is -1.64. The number of aryl methyl sites for hydroxylation is 1. The third-order valence-electron chi connectivity index (χ3n) is 1.57. The molecule has 1 aromatic rings. The lowest BCUT2D eigenvalue weighted by molar-refractivity contribution is -0.118. The van der Waals surface area contributed by atoms with Crippen LogP contribution in [0.1, 0.15) is 22.8 Å². The summed E-state index contributed by atoms with van der Waals surface area (Å²) in [7, 11) is 0. The highest BCUT2D eigenvalue weighted by atomic mass is 16.2. The van der Waals surface area contributed by atoms with Gasteiger partial charge in [-0.25, -0.2) is 0 Å². The van der Waals surface area contributed by atoms with Crippen LogP contribution in [0.5, 0.6) is 0 Å². The smallest absolute Gasteiger partial charge is 0.257 e. The molecule has 0 aliphatic heterocycles. The van der Waals surface area contributed by atoms with Gasteiger partial charge in [0, 0.05) is 12.5 Å². The average Bonchev–Trinajstić information content (AvgIpc) is 2.03. The number of nitrogens with one attached hydrogen (secondary N) is 1. The maximum Gasteiger partial charge on any atom is 0.257 e. The molecule has 1 rings (SSSR count). The van der Waals surface area contributed by atoms with Gasteiger partial charge >= 0.3 is 0 Å². The highest BCUT2D eigenvalue weighted by molar-refractivity contribution is 6.04. The number of hydrogen-bond donors (Lipinski definition) is 1. The summed E-state index contributed by atoms with van der Waals surface area (Å²) >= 11 is 0. The lowest BCUT2D eigenvalue weighted by Gasteiger charge is -2.01. The van der Waals surface area contributed by atoms with Crippen molar-refractivity contribution in [1.29, 1.82) is 0 Å². The predicted molar refractivity (Wildman–Crippen MR) is 49.3 cm³/mol. The zero-order chi connectivity index (χ0) is 9.84. The fraction of sp³-hybridized carbons (Fsp3) is 0.200. The van der Waals surface area contributed by atoms with Gasteiger partial charge in [0.25, 0.3) is 5.91 Å². The van der Waals surface area contributed by atoms with Gasteiger partial charge in [-0.3, -0.25) is 14.9 Å². The largest absolute Gasteiger partial charge is 0.293 e. The highest BCUT2D eigenvalue weighted by Crippen LogP contribution is 2.03. The molecule has 0 aliphatic rings. The first-order valence-electron chi connectivity index (χ1n) is 3.98. The molecule has 0 spiro atoms. The molecule has 0 saturated carbocycles. The SMILES string of the molecule is CC(=O)NC(=O)c1cccc(C)c1. The third kappa shape index (κ3) is 2.71. The molecule has 0 heterocycles. The third-order valence-corrected chi connectivity index (χ3v) is 1.57. The second-order valence-corrected chi connectivity index (χ2v) is 2.88. The van der Waals surface area contributed by atoms with Crippen molar-refractivity contribution in [3.05, 3.63) is 35.4 Å². The van der Waals surface area contributed by atoms with Gasteiger partial charge in [0.1, 0.15) is 0 Å². The fourth-order valence-electron chi connectivity index (χ4n) is 1.02. The van der Waals surface area contributed by atoms with Gasteiger partial charge in [-0.15, -0.1) is 0 Å². The minimum Gasteiger partial charge on any atom is -0.293 e. The first-order chi connectivity index (χ1) is 6.09. The van der Waals surface area contributed by atoms with E-state index in [1.54, 1.807) is 18.2 Å². The molecular formula is C10H11NO2. The lowest BCUT2D eigenvalue weighted by Crippen LogP contribution is -2.27. The van der Waals surface area contributed by atoms with Crippen LogP contribution in [0.4, 0.5) is 0 Å². The Bertz CT molecular complexity index is 345. The molecule has 2 amide bonds. The van der Waals surface area contributed by atoms with Crippen LogP contribution in [0.2, 0.25) is 0 Å². The predicted octanol–water partition coefficient (Wildman–Crippen LogP) is 1.27. The van der Waals surface area contributed by atoms with Gasteiger partial charge in [-0.2, -0.15) is 0 Å². The van der Waals surface area contributed by atoms with Crippen molar-refractivity contribution in [2.24, 2.45) is 0 Å². The Morgan fingerprint density at radius 1 is 1.31 bits per heavy atom. The Morgan fingerprint density at radius 2 is 2.00 bits per heavy atom. The molecule has 68 valence electrons. The molecule has 1 N–H and O–H groups in total. The Morgan fingerprint density at radius 3 is 2.54 bits per heavy atom. The quantitative estimate of drug-likeness (QED) is 0.702. The molecule has 0 aliphatic carbocycles. The summed E-state index contributed by atoms with van der Waals surface area (Å²) in [4.78, 5) is 21.9. The van der Waals surface area contributed by atoms with Crippen molar-refractivity contribution in [3.63, 3.8) is 0 Å². The standard InChI is InChI=1S/C10H11NO2/c1-7-4-3-5-9(6-7)10(13)11-8(2)12/h3-6H,1-2H3,(H,11,12,13). The number of carbonyl (C=O) groups excluding carboxylic acids is 2. The van der Waals surface area contributed by atoms with E-state index in [0.29, 0.717) is 5.56 Å². The maximum absolute atomic E-state index is 11.3. The monoisotopic (exact) mass is 177 g/mol. The van der Waals surface area contributed by atoms with Crippen LogP contribution in [0.3, 0.4) is 0 Å². The molecule has 3 nitrogen and oxygen atoms in total. The molecule has 0 fully saturated rings. The van der Waals surface area contributed by atoms with E-state index in [-0.39, 0.29) is 11.8 Å². The second-order valence-electron chi connectivity index (χ2n) is 2.88. The fourth-order valence-corrected chi connectivity index (χ4v) is 1.02. The molecule has 0 radical (unpaired) electrons. The van der Waals surface area contributed by atoms with Crippen molar-refractivity contribution < 1.29 is 9.59 Å². The summed E-state index contributed by atoms with van der Waals surface area (Å²) in [5, 5.41) is 2.21.